The maximum Gasteiger partial charge on any atom is 0.407 e. The number of carboxylic acids is 1. The Hall–Kier alpha value is -2.13. The highest BCUT2D eigenvalue weighted by atomic mass is 16.7. The zero-order chi connectivity index (χ0) is 14.3. The molecule has 1 atom stereocenters. The Bertz CT molecular complexity index is 569. The molecule has 2 aliphatic rings. The van der Waals surface area contributed by atoms with Crippen molar-refractivity contribution in [2.45, 2.75) is 32.2 Å². The lowest BCUT2D eigenvalue weighted by Crippen LogP contribution is -2.35. The summed E-state index contributed by atoms with van der Waals surface area (Å²) in [6, 6.07) is 0. The van der Waals surface area contributed by atoms with Crippen molar-refractivity contribution >= 4 is 12.1 Å². The van der Waals surface area contributed by atoms with E-state index in [0.717, 1.165) is 17.0 Å². The summed E-state index contributed by atoms with van der Waals surface area (Å²) in [6.45, 7) is 1.10. The van der Waals surface area contributed by atoms with Gasteiger partial charge in [-0.15, -0.1) is 0 Å². The molecule has 0 aliphatic carbocycles. The lowest BCUT2D eigenvalue weighted by molar-refractivity contribution is -0.156. The third-order valence-electron chi connectivity index (χ3n) is 3.57. The van der Waals surface area contributed by atoms with E-state index in [1.54, 1.807) is 4.68 Å². The van der Waals surface area contributed by atoms with Crippen molar-refractivity contribution in [3.8, 4) is 0 Å². The molecule has 0 radical (unpaired) electrons. The number of fused-ring (bicyclic) bond motifs is 3. The summed E-state index contributed by atoms with van der Waals surface area (Å²) in [5, 5.41) is 22.5. The first-order valence-corrected chi connectivity index (χ1v) is 6.23. The molecule has 3 heterocycles. The zero-order valence-corrected chi connectivity index (χ0v) is 10.6. The molecule has 0 fully saturated rings. The normalized spacial score (nSPS) is 21.8. The minimum Gasteiger partial charge on any atom is -0.479 e. The molecule has 3 rings (SSSR count). The van der Waals surface area contributed by atoms with Gasteiger partial charge in [0.05, 0.1) is 31.0 Å². The molecule has 0 saturated carbocycles. The van der Waals surface area contributed by atoms with Gasteiger partial charge in [0.15, 0.2) is 6.10 Å². The van der Waals surface area contributed by atoms with Gasteiger partial charge in [-0.1, -0.05) is 0 Å². The predicted molar refractivity (Wildman–Crippen MR) is 63.7 cm³/mol. The Balaban J connectivity index is 1.92. The maximum atomic E-state index is 11.0. The predicted octanol–water partition coefficient (Wildman–Crippen LogP) is -0.593. The van der Waals surface area contributed by atoms with Crippen LogP contribution >= 0.6 is 0 Å². The fourth-order valence-electron chi connectivity index (χ4n) is 2.53. The molecule has 1 unspecified atom stereocenters. The summed E-state index contributed by atoms with van der Waals surface area (Å²) in [6.07, 6.45) is -1.43. The van der Waals surface area contributed by atoms with Crippen LogP contribution in [0, 0.1) is 0 Å². The third-order valence-corrected chi connectivity index (χ3v) is 3.57. The van der Waals surface area contributed by atoms with Crippen molar-refractivity contribution < 1.29 is 24.6 Å². The van der Waals surface area contributed by atoms with E-state index in [4.69, 9.17) is 15.1 Å². The Labute approximate surface area is 113 Å². The first-order valence-electron chi connectivity index (χ1n) is 6.23. The summed E-state index contributed by atoms with van der Waals surface area (Å²) in [7, 11) is 0. The number of hydrogen-bond donors (Lipinski definition) is 3. The van der Waals surface area contributed by atoms with Crippen LogP contribution in [0.1, 0.15) is 17.0 Å². The molecule has 0 bridgehead atoms. The second-order valence-corrected chi connectivity index (χ2v) is 4.77. The number of aliphatic carboxylic acids is 1. The SMILES string of the molecule is O=C(O)C1Cn2nc3c(c2CNO1)CN(C(=O)O)CC3. The minimum absolute atomic E-state index is 0.109. The summed E-state index contributed by atoms with van der Waals surface area (Å²) in [5.74, 6) is -1.06. The fourth-order valence-corrected chi connectivity index (χ4v) is 2.53. The number of hydroxylamine groups is 1. The van der Waals surface area contributed by atoms with Crippen LogP contribution in [0.5, 0.6) is 0 Å². The maximum absolute atomic E-state index is 11.0. The molecule has 1 aromatic heterocycles. The van der Waals surface area contributed by atoms with Gasteiger partial charge in [-0.2, -0.15) is 10.6 Å². The average molecular weight is 282 g/mol. The van der Waals surface area contributed by atoms with Crippen LogP contribution in [-0.2, 0) is 35.7 Å². The molecule has 9 heteroatoms. The molecule has 0 spiro atoms. The van der Waals surface area contributed by atoms with Crippen LogP contribution in [0.15, 0.2) is 0 Å². The summed E-state index contributed by atoms with van der Waals surface area (Å²) in [5.41, 5.74) is 5.08. The van der Waals surface area contributed by atoms with Gasteiger partial charge < -0.3 is 15.1 Å². The Morgan fingerprint density at radius 2 is 2.20 bits per heavy atom. The van der Waals surface area contributed by atoms with Crippen molar-refractivity contribution in [1.82, 2.24) is 20.2 Å². The molecular formula is C11H14N4O5. The molecule has 0 aromatic carbocycles. The number of nitrogens with zero attached hydrogens (tertiary/aromatic N) is 3. The summed E-state index contributed by atoms with van der Waals surface area (Å²) < 4.78 is 1.61. The molecule has 2 aliphatic heterocycles. The van der Waals surface area contributed by atoms with Crippen LogP contribution in [0.3, 0.4) is 0 Å². The van der Waals surface area contributed by atoms with E-state index >= 15 is 0 Å². The van der Waals surface area contributed by atoms with Crippen LogP contribution in [0.25, 0.3) is 0 Å². The van der Waals surface area contributed by atoms with Crippen LogP contribution in [-0.4, -0.2) is 49.6 Å². The largest absolute Gasteiger partial charge is 0.479 e. The number of rotatable bonds is 1. The van der Waals surface area contributed by atoms with Crippen molar-refractivity contribution in [3.63, 3.8) is 0 Å². The lowest BCUT2D eigenvalue weighted by atomic mass is 10.1. The van der Waals surface area contributed by atoms with E-state index in [1.165, 1.54) is 4.90 Å². The molecule has 3 N–H and O–H groups in total. The highest BCUT2D eigenvalue weighted by Crippen LogP contribution is 2.24. The van der Waals surface area contributed by atoms with Gasteiger partial charge >= 0.3 is 12.1 Å². The van der Waals surface area contributed by atoms with Crippen molar-refractivity contribution in [2.24, 2.45) is 0 Å². The molecule has 20 heavy (non-hydrogen) atoms. The quantitative estimate of drug-likeness (QED) is 0.630. The molecule has 9 nitrogen and oxygen atoms in total. The van der Waals surface area contributed by atoms with E-state index in [1.807, 2.05) is 0 Å². The Morgan fingerprint density at radius 1 is 1.40 bits per heavy atom. The minimum atomic E-state index is -1.06. The smallest absolute Gasteiger partial charge is 0.407 e. The Kier molecular flexibility index (Phi) is 3.07. The number of carbonyl (C=O) groups is 2. The van der Waals surface area contributed by atoms with Crippen LogP contribution < -0.4 is 5.48 Å². The Morgan fingerprint density at radius 3 is 2.90 bits per heavy atom. The molecule has 108 valence electrons. The van der Waals surface area contributed by atoms with Crippen molar-refractivity contribution in [1.29, 1.82) is 0 Å². The lowest BCUT2D eigenvalue weighted by Gasteiger charge is -2.23. The highest BCUT2D eigenvalue weighted by molar-refractivity contribution is 5.72. The first-order chi connectivity index (χ1) is 9.56. The number of hydrogen-bond acceptors (Lipinski definition) is 5. The fraction of sp³-hybridized carbons (Fsp3) is 0.545. The molecule has 1 aromatic rings. The number of aromatic nitrogens is 2. The topological polar surface area (TPSA) is 117 Å². The molecular weight excluding hydrogens is 268 g/mol. The van der Waals surface area contributed by atoms with E-state index in [0.29, 0.717) is 19.5 Å². The summed E-state index contributed by atoms with van der Waals surface area (Å²) in [4.78, 5) is 28.4. The second kappa shape index (κ2) is 4.76. The zero-order valence-electron chi connectivity index (χ0n) is 10.6. The van der Waals surface area contributed by atoms with E-state index in [9.17, 15) is 9.59 Å². The molecule has 0 saturated heterocycles. The second-order valence-electron chi connectivity index (χ2n) is 4.77. The van der Waals surface area contributed by atoms with E-state index in [2.05, 4.69) is 10.6 Å². The highest BCUT2D eigenvalue weighted by Gasteiger charge is 2.31. The van der Waals surface area contributed by atoms with Gasteiger partial charge in [0.2, 0.25) is 0 Å². The van der Waals surface area contributed by atoms with Gasteiger partial charge in [0.25, 0.3) is 0 Å². The average Bonchev–Trinajstić information content (AvgIpc) is 2.60. The third kappa shape index (κ3) is 2.10. The number of amides is 1. The van der Waals surface area contributed by atoms with Gasteiger partial charge in [-0.3, -0.25) is 9.52 Å². The van der Waals surface area contributed by atoms with Gasteiger partial charge in [0, 0.05) is 18.5 Å². The summed E-state index contributed by atoms with van der Waals surface area (Å²) >= 11 is 0. The van der Waals surface area contributed by atoms with Gasteiger partial charge in [-0.25, -0.2) is 9.59 Å². The van der Waals surface area contributed by atoms with Crippen molar-refractivity contribution in [2.75, 3.05) is 6.54 Å². The van der Waals surface area contributed by atoms with Gasteiger partial charge in [0.1, 0.15) is 0 Å². The number of carboxylic acid groups (broad SMARTS) is 2. The molecule has 1 amide bonds. The van der Waals surface area contributed by atoms with Crippen LogP contribution in [0.4, 0.5) is 4.79 Å². The van der Waals surface area contributed by atoms with Gasteiger partial charge in [-0.05, 0) is 0 Å². The first kappa shape index (κ1) is 12.9. The van der Waals surface area contributed by atoms with Crippen molar-refractivity contribution in [3.05, 3.63) is 17.0 Å². The van der Waals surface area contributed by atoms with E-state index in [-0.39, 0.29) is 13.1 Å². The standard InChI is InChI=1S/C11H14N4O5/c16-10(17)9-5-15-8(3-12-20-9)6-4-14(11(18)19)2-1-7(6)13-15/h9,12H,1-5H2,(H,16,17)(H,18,19). The number of nitrogens with one attached hydrogen (secondary N) is 1. The van der Waals surface area contributed by atoms with Crippen LogP contribution in [0.2, 0.25) is 0 Å². The monoisotopic (exact) mass is 282 g/mol. The van der Waals surface area contributed by atoms with E-state index < -0.39 is 18.2 Å².